The van der Waals surface area contributed by atoms with E-state index in [-0.39, 0.29) is 11.8 Å². The Labute approximate surface area is 137 Å². The molecule has 2 amide bonds. The van der Waals surface area contributed by atoms with Gasteiger partial charge in [0.1, 0.15) is 5.69 Å². The maximum atomic E-state index is 12.3. The number of carbonyl (C=O) groups excluding carboxylic acids is 2. The van der Waals surface area contributed by atoms with Crippen LogP contribution in [0.25, 0.3) is 10.9 Å². The summed E-state index contributed by atoms with van der Waals surface area (Å²) in [7, 11) is 1.57. The number of rotatable bonds is 3. The van der Waals surface area contributed by atoms with Crippen LogP contribution in [0.15, 0.2) is 48.5 Å². The van der Waals surface area contributed by atoms with E-state index in [9.17, 15) is 9.59 Å². The molecule has 3 N–H and O–H groups in total. The van der Waals surface area contributed by atoms with Crippen molar-refractivity contribution in [1.29, 1.82) is 0 Å². The molecular weight excluding hydrogens is 314 g/mol. The fourth-order valence-electron chi connectivity index (χ4n) is 2.27. The molecule has 23 heavy (non-hydrogen) atoms. The lowest BCUT2D eigenvalue weighted by Gasteiger charge is -2.05. The first kappa shape index (κ1) is 15.1. The molecule has 0 aliphatic heterocycles. The number of halogens is 1. The van der Waals surface area contributed by atoms with Crippen molar-refractivity contribution in [2.45, 2.75) is 0 Å². The average Bonchev–Trinajstić information content (AvgIpc) is 2.98. The summed E-state index contributed by atoms with van der Waals surface area (Å²) in [6.45, 7) is 0. The molecule has 0 spiro atoms. The Morgan fingerprint density at radius 2 is 1.74 bits per heavy atom. The largest absolute Gasteiger partial charge is 0.355 e. The van der Waals surface area contributed by atoms with Crippen molar-refractivity contribution in [2.24, 2.45) is 0 Å². The Hall–Kier alpha value is -2.79. The van der Waals surface area contributed by atoms with Crippen LogP contribution in [-0.4, -0.2) is 23.8 Å². The minimum atomic E-state index is -0.259. The van der Waals surface area contributed by atoms with Crippen LogP contribution in [-0.2, 0) is 0 Å². The van der Waals surface area contributed by atoms with E-state index in [1.807, 2.05) is 6.07 Å². The summed E-state index contributed by atoms with van der Waals surface area (Å²) in [6, 6.07) is 13.8. The predicted molar refractivity (Wildman–Crippen MR) is 91.1 cm³/mol. The molecule has 116 valence electrons. The van der Waals surface area contributed by atoms with E-state index >= 15 is 0 Å². The van der Waals surface area contributed by atoms with Crippen molar-refractivity contribution >= 4 is 40.0 Å². The van der Waals surface area contributed by atoms with E-state index in [1.165, 1.54) is 0 Å². The molecule has 5 nitrogen and oxygen atoms in total. The van der Waals surface area contributed by atoms with Gasteiger partial charge in [0, 0.05) is 34.2 Å². The van der Waals surface area contributed by atoms with Crippen LogP contribution in [0.1, 0.15) is 20.8 Å². The Morgan fingerprint density at radius 3 is 2.43 bits per heavy atom. The number of nitrogens with one attached hydrogen (secondary N) is 3. The van der Waals surface area contributed by atoms with Gasteiger partial charge in [-0.05, 0) is 48.5 Å². The summed E-state index contributed by atoms with van der Waals surface area (Å²) in [5.41, 5.74) is 2.43. The summed E-state index contributed by atoms with van der Waals surface area (Å²) in [4.78, 5) is 26.8. The molecule has 0 bridgehead atoms. The third-order valence-corrected chi connectivity index (χ3v) is 3.69. The Morgan fingerprint density at radius 1 is 1.00 bits per heavy atom. The van der Waals surface area contributed by atoms with E-state index < -0.39 is 0 Å². The first-order valence-corrected chi connectivity index (χ1v) is 7.36. The van der Waals surface area contributed by atoms with E-state index in [0.717, 1.165) is 10.9 Å². The molecule has 0 fully saturated rings. The molecule has 3 rings (SSSR count). The van der Waals surface area contributed by atoms with Crippen molar-refractivity contribution in [1.82, 2.24) is 10.3 Å². The zero-order valence-electron chi connectivity index (χ0n) is 12.3. The first-order chi connectivity index (χ1) is 11.1. The molecule has 0 aliphatic rings. The summed E-state index contributed by atoms with van der Waals surface area (Å²) in [5.74, 6) is -0.430. The van der Waals surface area contributed by atoms with E-state index in [1.54, 1.807) is 49.5 Å². The molecule has 0 radical (unpaired) electrons. The Bertz CT molecular complexity index is 884. The van der Waals surface area contributed by atoms with Gasteiger partial charge < -0.3 is 15.6 Å². The molecular formula is C17H14ClN3O2. The second-order valence-corrected chi connectivity index (χ2v) is 5.46. The quantitative estimate of drug-likeness (QED) is 0.689. The van der Waals surface area contributed by atoms with E-state index in [4.69, 9.17) is 11.6 Å². The van der Waals surface area contributed by atoms with Crippen molar-refractivity contribution in [3.8, 4) is 0 Å². The summed E-state index contributed by atoms with van der Waals surface area (Å²) in [6.07, 6.45) is 0. The molecule has 3 aromatic rings. The highest BCUT2D eigenvalue weighted by atomic mass is 35.5. The number of aromatic amines is 1. The number of H-pyrrole nitrogens is 1. The van der Waals surface area contributed by atoms with Crippen LogP contribution in [0.2, 0.25) is 5.02 Å². The lowest BCUT2D eigenvalue weighted by molar-refractivity contribution is 0.0962. The highest BCUT2D eigenvalue weighted by Crippen LogP contribution is 2.21. The van der Waals surface area contributed by atoms with E-state index in [0.29, 0.717) is 22.0 Å². The van der Waals surface area contributed by atoms with Crippen LogP contribution in [0.3, 0.4) is 0 Å². The maximum Gasteiger partial charge on any atom is 0.272 e. The monoisotopic (exact) mass is 327 g/mol. The first-order valence-electron chi connectivity index (χ1n) is 6.98. The lowest BCUT2D eigenvalue weighted by Crippen LogP contribution is -2.18. The van der Waals surface area contributed by atoms with Gasteiger partial charge in [-0.15, -0.1) is 0 Å². The van der Waals surface area contributed by atoms with Crippen molar-refractivity contribution < 1.29 is 9.59 Å². The number of hydrogen-bond donors (Lipinski definition) is 3. The fraction of sp³-hybridized carbons (Fsp3) is 0.0588. The van der Waals surface area contributed by atoms with Gasteiger partial charge in [-0.25, -0.2) is 0 Å². The fourth-order valence-corrected chi connectivity index (χ4v) is 2.45. The summed E-state index contributed by atoms with van der Waals surface area (Å²) >= 11 is 5.94. The van der Waals surface area contributed by atoms with Gasteiger partial charge in [-0.2, -0.15) is 0 Å². The van der Waals surface area contributed by atoms with Crippen LogP contribution < -0.4 is 10.6 Å². The molecule has 0 atom stereocenters. The molecule has 1 aromatic heterocycles. The van der Waals surface area contributed by atoms with Gasteiger partial charge in [0.05, 0.1) is 0 Å². The molecule has 6 heteroatoms. The van der Waals surface area contributed by atoms with Crippen molar-refractivity contribution in [3.05, 3.63) is 64.8 Å². The molecule has 0 saturated heterocycles. The zero-order valence-corrected chi connectivity index (χ0v) is 13.1. The topological polar surface area (TPSA) is 74.0 Å². The van der Waals surface area contributed by atoms with Gasteiger partial charge in [0.25, 0.3) is 11.8 Å². The Kier molecular flexibility index (Phi) is 4.04. The lowest BCUT2D eigenvalue weighted by atomic mass is 10.2. The number of amides is 2. The maximum absolute atomic E-state index is 12.3. The van der Waals surface area contributed by atoms with Gasteiger partial charge in [0.15, 0.2) is 0 Å². The van der Waals surface area contributed by atoms with Gasteiger partial charge in [0.2, 0.25) is 0 Å². The third kappa shape index (κ3) is 3.19. The van der Waals surface area contributed by atoms with Gasteiger partial charge in [-0.3, -0.25) is 9.59 Å². The number of aromatic nitrogens is 1. The smallest absolute Gasteiger partial charge is 0.272 e. The Balaban J connectivity index is 1.78. The summed E-state index contributed by atoms with van der Waals surface area (Å²) < 4.78 is 0. The number of fused-ring (bicyclic) bond motifs is 1. The third-order valence-electron chi connectivity index (χ3n) is 3.46. The van der Waals surface area contributed by atoms with Crippen LogP contribution in [0.4, 0.5) is 5.69 Å². The van der Waals surface area contributed by atoms with Crippen LogP contribution in [0.5, 0.6) is 0 Å². The van der Waals surface area contributed by atoms with Crippen molar-refractivity contribution in [2.75, 3.05) is 12.4 Å². The molecule has 2 aromatic carbocycles. The second-order valence-electron chi connectivity index (χ2n) is 5.03. The van der Waals surface area contributed by atoms with Crippen molar-refractivity contribution in [3.63, 3.8) is 0 Å². The summed E-state index contributed by atoms with van der Waals surface area (Å²) in [5, 5.41) is 6.82. The highest BCUT2D eigenvalue weighted by molar-refractivity contribution is 6.31. The van der Waals surface area contributed by atoms with Gasteiger partial charge in [-0.1, -0.05) is 11.6 Å². The van der Waals surface area contributed by atoms with Gasteiger partial charge >= 0.3 is 0 Å². The second kappa shape index (κ2) is 6.14. The zero-order chi connectivity index (χ0) is 16.4. The van der Waals surface area contributed by atoms with Crippen LogP contribution >= 0.6 is 11.6 Å². The standard InChI is InChI=1S/C17H14ClN3O2/c1-19-16(22)10-2-5-13(6-3-10)20-17(23)15-9-11-8-12(18)4-7-14(11)21-15/h2-9,21H,1H3,(H,19,22)(H,20,23). The molecule has 0 saturated carbocycles. The molecule has 0 aliphatic carbocycles. The minimum Gasteiger partial charge on any atom is -0.355 e. The molecule has 1 heterocycles. The normalized spacial score (nSPS) is 10.5. The minimum absolute atomic E-state index is 0.171. The number of benzene rings is 2. The number of carbonyl (C=O) groups is 2. The average molecular weight is 328 g/mol. The number of hydrogen-bond acceptors (Lipinski definition) is 2. The van der Waals surface area contributed by atoms with E-state index in [2.05, 4.69) is 15.6 Å². The number of anilines is 1. The highest BCUT2D eigenvalue weighted by Gasteiger charge is 2.10. The SMILES string of the molecule is CNC(=O)c1ccc(NC(=O)c2cc3cc(Cl)ccc3[nH]2)cc1. The molecule has 0 unspecified atom stereocenters. The predicted octanol–water partition coefficient (Wildman–Crippen LogP) is 3.43. The van der Waals surface area contributed by atoms with Crippen LogP contribution in [0, 0.1) is 0 Å².